The van der Waals surface area contributed by atoms with E-state index in [9.17, 15) is 10.2 Å². The lowest BCUT2D eigenvalue weighted by Crippen LogP contribution is -2.65. The van der Waals surface area contributed by atoms with Crippen LogP contribution in [0.15, 0.2) is 66.7 Å². The molecule has 1 aliphatic heterocycles. The van der Waals surface area contributed by atoms with Crippen molar-refractivity contribution in [3.8, 4) is 5.75 Å². The Hall–Kier alpha value is -2.10. The van der Waals surface area contributed by atoms with E-state index in [1.54, 1.807) is 6.07 Å². The molecule has 0 spiro atoms. The highest BCUT2D eigenvalue weighted by Crippen LogP contribution is 2.55. The molecule has 4 rings (SSSR count). The predicted octanol–water partition coefficient (Wildman–Crippen LogP) is 4.34. The fraction of sp³-hybridized carbons (Fsp3) is 0.440. The number of aryl methyl sites for hydroxylation is 1. The summed E-state index contributed by atoms with van der Waals surface area (Å²) in [5, 5.41) is 23.6. The Balaban J connectivity index is 1.71. The molecule has 2 bridgehead atoms. The Morgan fingerprint density at radius 3 is 2.68 bits per heavy atom. The van der Waals surface area contributed by atoms with Gasteiger partial charge in [-0.15, -0.1) is 0 Å². The average Bonchev–Trinajstić information content (AvgIpc) is 2.71. The molecule has 1 heterocycles. The van der Waals surface area contributed by atoms with Gasteiger partial charge in [0.05, 0.1) is 6.61 Å². The van der Waals surface area contributed by atoms with Crippen LogP contribution in [-0.4, -0.2) is 28.9 Å². The second-order valence-corrected chi connectivity index (χ2v) is 8.47. The number of aliphatic hydroxyl groups excluding tert-OH is 1. The van der Waals surface area contributed by atoms with E-state index < -0.39 is 0 Å². The number of nitrogens with one attached hydrogen (secondary N) is 1. The largest absolute Gasteiger partial charge is 0.508 e. The molecule has 148 valence electrons. The average molecular weight is 378 g/mol. The summed E-state index contributed by atoms with van der Waals surface area (Å²) in [6, 6.07) is 18.6. The molecule has 3 nitrogen and oxygen atoms in total. The van der Waals surface area contributed by atoms with Crippen molar-refractivity contribution in [1.29, 1.82) is 0 Å². The van der Waals surface area contributed by atoms with E-state index in [1.165, 1.54) is 17.5 Å². The van der Waals surface area contributed by atoms with Gasteiger partial charge >= 0.3 is 0 Å². The van der Waals surface area contributed by atoms with Gasteiger partial charge in [0.1, 0.15) is 5.75 Å². The third kappa shape index (κ3) is 3.49. The topological polar surface area (TPSA) is 52.5 Å². The van der Waals surface area contributed by atoms with Gasteiger partial charge in [0.15, 0.2) is 0 Å². The molecule has 0 radical (unpaired) electrons. The van der Waals surface area contributed by atoms with E-state index in [2.05, 4.69) is 47.8 Å². The van der Waals surface area contributed by atoms with E-state index in [-0.39, 0.29) is 17.6 Å². The molecule has 0 aromatic heterocycles. The van der Waals surface area contributed by atoms with Crippen LogP contribution >= 0.6 is 0 Å². The predicted molar refractivity (Wildman–Crippen MR) is 113 cm³/mol. The summed E-state index contributed by atoms with van der Waals surface area (Å²) in [5.74, 6) is 0.649. The van der Waals surface area contributed by atoms with Crippen LogP contribution < -0.4 is 5.32 Å². The number of benzene rings is 2. The number of aromatic hydroxyl groups is 1. The van der Waals surface area contributed by atoms with Gasteiger partial charge in [-0.3, -0.25) is 0 Å². The smallest absolute Gasteiger partial charge is 0.115 e. The highest BCUT2D eigenvalue weighted by atomic mass is 16.3. The molecule has 3 N–H and O–H groups in total. The fourth-order valence-corrected chi connectivity index (χ4v) is 5.80. The number of rotatable bonds is 6. The van der Waals surface area contributed by atoms with Gasteiger partial charge in [-0.05, 0) is 61.9 Å². The molecule has 1 aliphatic carbocycles. The number of piperidine rings is 1. The first-order valence-corrected chi connectivity index (χ1v) is 10.5. The summed E-state index contributed by atoms with van der Waals surface area (Å²) in [5.41, 5.74) is 2.67. The van der Waals surface area contributed by atoms with E-state index >= 15 is 0 Å². The van der Waals surface area contributed by atoms with E-state index in [1.807, 2.05) is 18.2 Å². The number of hydrogen-bond donors (Lipinski definition) is 3. The summed E-state index contributed by atoms with van der Waals surface area (Å²) < 4.78 is 0. The Morgan fingerprint density at radius 1 is 1.04 bits per heavy atom. The highest BCUT2D eigenvalue weighted by molar-refractivity contribution is 5.38. The summed E-state index contributed by atoms with van der Waals surface area (Å²) in [6.07, 6.45) is 10.8. The molecule has 2 aromatic rings. The number of fused-ring (bicyclic) bond motifs is 2. The van der Waals surface area contributed by atoms with Crippen molar-refractivity contribution in [3.05, 3.63) is 77.9 Å². The maximum absolute atomic E-state index is 10.1. The SMILES string of the molecule is OC/C=C/[C@H]1[C@@]2(CCc3ccccc3)CCC[C@@]1(c1cccc(O)c1)CCN2. The lowest BCUT2D eigenvalue weighted by molar-refractivity contribution is 0.0368. The first-order chi connectivity index (χ1) is 13.7. The quantitative estimate of drug-likeness (QED) is 0.656. The second kappa shape index (κ2) is 8.10. The van der Waals surface area contributed by atoms with Gasteiger partial charge < -0.3 is 15.5 Å². The van der Waals surface area contributed by atoms with Gasteiger partial charge in [0.2, 0.25) is 0 Å². The number of hydrogen-bond acceptors (Lipinski definition) is 3. The molecule has 0 amide bonds. The molecule has 1 saturated heterocycles. The zero-order valence-corrected chi connectivity index (χ0v) is 16.5. The first kappa shape index (κ1) is 19.2. The molecule has 2 fully saturated rings. The van der Waals surface area contributed by atoms with Crippen LogP contribution in [0.4, 0.5) is 0 Å². The van der Waals surface area contributed by atoms with Crippen molar-refractivity contribution in [1.82, 2.24) is 5.32 Å². The molecular formula is C25H31NO2. The molecule has 2 aliphatic rings. The van der Waals surface area contributed by atoms with Crippen molar-refractivity contribution in [2.75, 3.05) is 13.2 Å². The van der Waals surface area contributed by atoms with Crippen LogP contribution in [0.1, 0.15) is 43.2 Å². The third-order valence-electron chi connectivity index (χ3n) is 7.04. The lowest BCUT2D eigenvalue weighted by atomic mass is 9.51. The normalized spacial score (nSPS) is 29.8. The molecular weight excluding hydrogens is 346 g/mol. The van der Waals surface area contributed by atoms with E-state index in [0.29, 0.717) is 11.7 Å². The maximum atomic E-state index is 10.1. The summed E-state index contributed by atoms with van der Waals surface area (Å²) in [7, 11) is 0. The minimum absolute atomic E-state index is 0.0185. The minimum Gasteiger partial charge on any atom is -0.508 e. The van der Waals surface area contributed by atoms with Crippen LogP contribution in [0.2, 0.25) is 0 Å². The van der Waals surface area contributed by atoms with Crippen molar-refractivity contribution >= 4 is 0 Å². The summed E-state index contributed by atoms with van der Waals surface area (Å²) >= 11 is 0. The van der Waals surface area contributed by atoms with Crippen molar-refractivity contribution in [2.45, 2.75) is 49.5 Å². The fourth-order valence-electron chi connectivity index (χ4n) is 5.80. The van der Waals surface area contributed by atoms with Crippen LogP contribution in [0.3, 0.4) is 0 Å². The molecule has 3 atom stereocenters. The highest BCUT2D eigenvalue weighted by Gasteiger charge is 2.55. The monoisotopic (exact) mass is 377 g/mol. The van der Waals surface area contributed by atoms with Crippen LogP contribution in [0.25, 0.3) is 0 Å². The molecule has 0 unspecified atom stereocenters. The first-order valence-electron chi connectivity index (χ1n) is 10.5. The Morgan fingerprint density at radius 2 is 1.89 bits per heavy atom. The van der Waals surface area contributed by atoms with Gasteiger partial charge in [-0.2, -0.15) is 0 Å². The standard InChI is InChI=1S/C25H31NO2/c27-18-5-11-23-24(21-9-4-10-22(28)19-21)13-6-14-25(23,26-17-16-24)15-12-20-7-2-1-3-8-20/h1-5,7-11,19,23,26-28H,6,12-18H2/b11-5+/t23-,24+,25+/m1/s1. The maximum Gasteiger partial charge on any atom is 0.115 e. The lowest BCUT2D eigenvalue weighted by Gasteiger charge is -2.59. The Labute approximate surface area is 168 Å². The van der Waals surface area contributed by atoms with Crippen LogP contribution in [0, 0.1) is 5.92 Å². The minimum atomic E-state index is 0.0185. The third-order valence-corrected chi connectivity index (χ3v) is 7.04. The molecule has 1 saturated carbocycles. The summed E-state index contributed by atoms with van der Waals surface area (Å²) in [6.45, 7) is 1.06. The van der Waals surface area contributed by atoms with Gasteiger partial charge in [0, 0.05) is 16.9 Å². The zero-order chi connectivity index (χ0) is 19.5. The van der Waals surface area contributed by atoms with Crippen LogP contribution in [-0.2, 0) is 11.8 Å². The van der Waals surface area contributed by atoms with Crippen molar-refractivity contribution in [2.24, 2.45) is 5.92 Å². The van der Waals surface area contributed by atoms with Crippen LogP contribution in [0.5, 0.6) is 5.75 Å². The van der Waals surface area contributed by atoms with Gasteiger partial charge in [-0.1, -0.05) is 61.0 Å². The van der Waals surface area contributed by atoms with E-state index in [0.717, 1.165) is 38.6 Å². The summed E-state index contributed by atoms with van der Waals surface area (Å²) in [4.78, 5) is 0. The van der Waals surface area contributed by atoms with Crippen molar-refractivity contribution < 1.29 is 10.2 Å². The van der Waals surface area contributed by atoms with Gasteiger partial charge in [-0.25, -0.2) is 0 Å². The zero-order valence-electron chi connectivity index (χ0n) is 16.5. The molecule has 28 heavy (non-hydrogen) atoms. The Kier molecular flexibility index (Phi) is 5.56. The van der Waals surface area contributed by atoms with E-state index in [4.69, 9.17) is 0 Å². The second-order valence-electron chi connectivity index (χ2n) is 8.47. The number of phenolic OH excluding ortho intramolecular Hbond substituents is 1. The molecule has 3 heteroatoms. The number of phenols is 1. The Bertz CT molecular complexity index is 804. The molecule has 2 aromatic carbocycles. The number of aliphatic hydroxyl groups is 1. The van der Waals surface area contributed by atoms with Crippen molar-refractivity contribution in [3.63, 3.8) is 0 Å². The van der Waals surface area contributed by atoms with Gasteiger partial charge in [0.25, 0.3) is 0 Å².